The van der Waals surface area contributed by atoms with E-state index in [2.05, 4.69) is 6.58 Å². The second-order valence-electron chi connectivity index (χ2n) is 5.14. The molecule has 0 radical (unpaired) electrons. The molecule has 1 heterocycles. The molecule has 0 saturated carbocycles. The van der Waals surface area contributed by atoms with Gasteiger partial charge in [0.25, 0.3) is 5.91 Å². The smallest absolute Gasteiger partial charge is 0.270 e. The van der Waals surface area contributed by atoms with Gasteiger partial charge in [-0.1, -0.05) is 60.9 Å². The molecule has 1 aliphatic rings. The minimum atomic E-state index is -0.483. The van der Waals surface area contributed by atoms with Crippen LogP contribution in [0.25, 0.3) is 6.08 Å². The molecule has 0 bridgehead atoms. The van der Waals surface area contributed by atoms with Gasteiger partial charge in [0.05, 0.1) is 10.6 Å². The molecular weight excluding hydrogens is 357 g/mol. The molecule has 3 nitrogen and oxygen atoms in total. The highest BCUT2D eigenvalue weighted by molar-refractivity contribution is 8.27. The van der Waals surface area contributed by atoms with E-state index >= 15 is 0 Å². The van der Waals surface area contributed by atoms with Gasteiger partial charge in [-0.15, -0.1) is 0 Å². The van der Waals surface area contributed by atoms with E-state index in [0.29, 0.717) is 15.8 Å². The SMILES string of the molecule is C=CCOc1ccc(/C=C2\SC(=S)N(c3ccccc3F)C2=O)cc1. The van der Waals surface area contributed by atoms with Gasteiger partial charge in [0.15, 0.2) is 4.32 Å². The maximum atomic E-state index is 14.0. The second kappa shape index (κ2) is 7.63. The molecule has 0 N–H and O–H groups in total. The van der Waals surface area contributed by atoms with Crippen LogP contribution in [0.4, 0.5) is 10.1 Å². The first-order valence-electron chi connectivity index (χ1n) is 7.46. The van der Waals surface area contributed by atoms with Crippen LogP contribution >= 0.6 is 24.0 Å². The fraction of sp³-hybridized carbons (Fsp3) is 0.0526. The third-order valence-electron chi connectivity index (χ3n) is 3.43. The first-order valence-corrected chi connectivity index (χ1v) is 8.69. The number of hydrogen-bond donors (Lipinski definition) is 0. The van der Waals surface area contributed by atoms with Gasteiger partial charge in [-0.25, -0.2) is 4.39 Å². The number of carbonyl (C=O) groups is 1. The van der Waals surface area contributed by atoms with Crippen molar-refractivity contribution in [2.75, 3.05) is 11.5 Å². The molecule has 126 valence electrons. The zero-order chi connectivity index (χ0) is 17.8. The summed E-state index contributed by atoms with van der Waals surface area (Å²) < 4.78 is 19.7. The van der Waals surface area contributed by atoms with E-state index in [0.717, 1.165) is 23.1 Å². The van der Waals surface area contributed by atoms with E-state index in [1.165, 1.54) is 17.0 Å². The number of para-hydroxylation sites is 1. The van der Waals surface area contributed by atoms with Crippen molar-refractivity contribution < 1.29 is 13.9 Å². The van der Waals surface area contributed by atoms with Gasteiger partial charge in [-0.2, -0.15) is 0 Å². The standard InChI is InChI=1S/C19H14FNO2S2/c1-2-11-23-14-9-7-13(8-10-14)12-17-18(22)21(19(24)25-17)16-6-4-3-5-15(16)20/h2-10,12H,1,11H2/b17-12-. The Balaban J connectivity index is 1.83. The molecule has 6 heteroatoms. The lowest BCUT2D eigenvalue weighted by Crippen LogP contribution is -2.28. The van der Waals surface area contributed by atoms with E-state index in [1.54, 1.807) is 24.3 Å². The Labute approximate surface area is 154 Å². The van der Waals surface area contributed by atoms with Crippen LogP contribution in [0.1, 0.15) is 5.56 Å². The second-order valence-corrected chi connectivity index (χ2v) is 6.81. The first-order chi connectivity index (χ1) is 12.1. The van der Waals surface area contributed by atoms with Crippen molar-refractivity contribution >= 4 is 46.0 Å². The number of thiocarbonyl (C=S) groups is 1. The van der Waals surface area contributed by atoms with Crippen molar-refractivity contribution in [1.29, 1.82) is 0 Å². The Kier molecular flexibility index (Phi) is 5.31. The highest BCUT2D eigenvalue weighted by atomic mass is 32.2. The summed E-state index contributed by atoms with van der Waals surface area (Å²) in [6, 6.07) is 13.4. The number of halogens is 1. The molecule has 3 rings (SSSR count). The number of benzene rings is 2. The maximum Gasteiger partial charge on any atom is 0.270 e. The van der Waals surface area contributed by atoms with Crippen molar-refractivity contribution in [3.63, 3.8) is 0 Å². The maximum absolute atomic E-state index is 14.0. The lowest BCUT2D eigenvalue weighted by atomic mass is 10.2. The minimum Gasteiger partial charge on any atom is -0.490 e. The lowest BCUT2D eigenvalue weighted by molar-refractivity contribution is -0.113. The summed E-state index contributed by atoms with van der Waals surface area (Å²) in [4.78, 5) is 14.3. The van der Waals surface area contributed by atoms with Gasteiger partial charge in [-0.3, -0.25) is 9.69 Å². The number of amides is 1. The highest BCUT2D eigenvalue weighted by Gasteiger charge is 2.34. The molecule has 1 aliphatic heterocycles. The molecule has 0 unspecified atom stereocenters. The molecular formula is C19H14FNO2S2. The zero-order valence-electron chi connectivity index (χ0n) is 13.1. The van der Waals surface area contributed by atoms with Crippen molar-refractivity contribution in [2.24, 2.45) is 0 Å². The van der Waals surface area contributed by atoms with Crippen LogP contribution in [0.2, 0.25) is 0 Å². The van der Waals surface area contributed by atoms with Crippen LogP contribution in [0, 0.1) is 5.82 Å². The van der Waals surface area contributed by atoms with E-state index in [9.17, 15) is 9.18 Å². The molecule has 2 aromatic carbocycles. The predicted molar refractivity (Wildman–Crippen MR) is 104 cm³/mol. The molecule has 0 aliphatic carbocycles. The van der Waals surface area contributed by atoms with Crippen molar-refractivity contribution in [2.45, 2.75) is 0 Å². The Morgan fingerprint density at radius 3 is 2.60 bits per heavy atom. The number of thioether (sulfide) groups is 1. The Bertz CT molecular complexity index is 862. The Hall–Kier alpha value is -2.44. The van der Waals surface area contributed by atoms with Crippen molar-refractivity contribution in [1.82, 2.24) is 0 Å². The van der Waals surface area contributed by atoms with Gasteiger partial charge in [0, 0.05) is 0 Å². The summed E-state index contributed by atoms with van der Waals surface area (Å²) >= 11 is 6.41. The summed E-state index contributed by atoms with van der Waals surface area (Å²) in [5, 5.41) is 0. The third kappa shape index (κ3) is 3.81. The minimum absolute atomic E-state index is 0.168. The molecule has 2 aromatic rings. The quantitative estimate of drug-likeness (QED) is 0.429. The molecule has 25 heavy (non-hydrogen) atoms. The third-order valence-corrected chi connectivity index (χ3v) is 4.73. The zero-order valence-corrected chi connectivity index (χ0v) is 14.8. The molecule has 1 fully saturated rings. The number of nitrogens with zero attached hydrogens (tertiary/aromatic N) is 1. The normalized spacial score (nSPS) is 15.7. The van der Waals surface area contributed by atoms with Gasteiger partial charge >= 0.3 is 0 Å². The number of ether oxygens (including phenoxy) is 1. The fourth-order valence-electron chi connectivity index (χ4n) is 2.28. The van der Waals surface area contributed by atoms with Gasteiger partial charge in [0.1, 0.15) is 18.2 Å². The number of carbonyl (C=O) groups excluding carboxylic acids is 1. The Morgan fingerprint density at radius 1 is 1.20 bits per heavy atom. The van der Waals surface area contributed by atoms with E-state index in [1.807, 2.05) is 24.3 Å². The largest absolute Gasteiger partial charge is 0.490 e. The van der Waals surface area contributed by atoms with Gasteiger partial charge < -0.3 is 4.74 Å². The van der Waals surface area contributed by atoms with E-state index < -0.39 is 5.82 Å². The van der Waals surface area contributed by atoms with Crippen molar-refractivity contribution in [3.05, 3.63) is 77.5 Å². The number of anilines is 1. The fourth-order valence-corrected chi connectivity index (χ4v) is 3.56. The van der Waals surface area contributed by atoms with Crippen LogP contribution in [-0.4, -0.2) is 16.8 Å². The number of rotatable bonds is 5. The van der Waals surface area contributed by atoms with Crippen LogP contribution in [0.15, 0.2) is 66.1 Å². The summed E-state index contributed by atoms with van der Waals surface area (Å²) in [7, 11) is 0. The predicted octanol–water partition coefficient (Wildman–Crippen LogP) is 4.80. The van der Waals surface area contributed by atoms with Crippen LogP contribution in [0.3, 0.4) is 0 Å². The molecule has 0 atom stereocenters. The molecule has 1 amide bonds. The average Bonchev–Trinajstić information content (AvgIpc) is 2.89. The van der Waals surface area contributed by atoms with Crippen LogP contribution < -0.4 is 9.64 Å². The summed E-state index contributed by atoms with van der Waals surface area (Å²) in [5.74, 6) is -0.0909. The average molecular weight is 371 g/mol. The monoisotopic (exact) mass is 371 g/mol. The summed E-state index contributed by atoms with van der Waals surface area (Å²) in [6.45, 7) is 4.03. The lowest BCUT2D eigenvalue weighted by Gasteiger charge is -2.14. The highest BCUT2D eigenvalue weighted by Crippen LogP contribution is 2.37. The summed E-state index contributed by atoms with van der Waals surface area (Å²) in [5.41, 5.74) is 1.00. The van der Waals surface area contributed by atoms with E-state index in [4.69, 9.17) is 17.0 Å². The summed E-state index contributed by atoms with van der Waals surface area (Å²) in [6.07, 6.45) is 3.40. The van der Waals surface area contributed by atoms with Crippen LogP contribution in [0.5, 0.6) is 5.75 Å². The van der Waals surface area contributed by atoms with Crippen molar-refractivity contribution in [3.8, 4) is 5.75 Å². The number of hydrogen-bond acceptors (Lipinski definition) is 4. The topological polar surface area (TPSA) is 29.5 Å². The Morgan fingerprint density at radius 2 is 1.92 bits per heavy atom. The van der Waals surface area contributed by atoms with Gasteiger partial charge in [-0.05, 0) is 35.9 Å². The van der Waals surface area contributed by atoms with Crippen LogP contribution in [-0.2, 0) is 4.79 Å². The van der Waals surface area contributed by atoms with E-state index in [-0.39, 0.29) is 11.6 Å². The first kappa shape index (κ1) is 17.4. The molecule has 1 saturated heterocycles. The molecule has 0 spiro atoms. The van der Waals surface area contributed by atoms with Gasteiger partial charge in [0.2, 0.25) is 0 Å². The molecule has 0 aromatic heterocycles.